The van der Waals surface area contributed by atoms with Crippen LogP contribution < -0.4 is 16.0 Å². The number of carbonyl (C=O) groups excluding carboxylic acids is 3. The number of aliphatic hydroxyl groups excluding tert-OH is 1. The quantitative estimate of drug-likeness (QED) is 0.408. The van der Waals surface area contributed by atoms with Crippen LogP contribution in [0, 0.1) is 0 Å². The Labute approximate surface area is 198 Å². The highest BCUT2D eigenvalue weighted by atomic mass is 16.3. The first-order valence-electron chi connectivity index (χ1n) is 11.1. The summed E-state index contributed by atoms with van der Waals surface area (Å²) in [6.07, 6.45) is -0.440. The van der Waals surface area contributed by atoms with Crippen molar-refractivity contribution in [3.05, 3.63) is 95.6 Å². The Kier molecular flexibility index (Phi) is 6.47. The second-order valence-corrected chi connectivity index (χ2v) is 8.78. The van der Waals surface area contributed by atoms with Crippen LogP contribution in [0.25, 0.3) is 11.1 Å². The maximum Gasteiger partial charge on any atom is 0.322 e. The number of nitrogens with one attached hydrogen (secondary N) is 3. The van der Waals surface area contributed by atoms with Gasteiger partial charge >= 0.3 is 6.03 Å². The highest BCUT2D eigenvalue weighted by Gasteiger charge is 2.48. The van der Waals surface area contributed by atoms with Crippen LogP contribution in [-0.2, 0) is 11.2 Å². The monoisotopic (exact) mass is 457 g/mol. The second-order valence-electron chi connectivity index (χ2n) is 8.78. The van der Waals surface area contributed by atoms with Gasteiger partial charge in [0, 0.05) is 11.6 Å². The van der Waals surface area contributed by atoms with Crippen molar-refractivity contribution in [2.24, 2.45) is 0 Å². The normalized spacial score (nSPS) is 19.1. The fraction of sp³-hybridized carbons (Fsp3) is 0.222. The van der Waals surface area contributed by atoms with Crippen molar-refractivity contribution in [3.63, 3.8) is 0 Å². The number of aliphatic hydroxyl groups is 1. The SMILES string of the molecule is CC(Cc1ccccc1)NC(=O)c1ccc(-c2ccc(C(O)C3(C)NC(=O)NC3=O)cc2)cc1. The van der Waals surface area contributed by atoms with E-state index in [1.807, 2.05) is 61.5 Å². The van der Waals surface area contributed by atoms with Gasteiger partial charge in [0.15, 0.2) is 0 Å². The number of urea groups is 1. The Hall–Kier alpha value is -3.97. The zero-order valence-electron chi connectivity index (χ0n) is 19.0. The largest absolute Gasteiger partial charge is 0.385 e. The van der Waals surface area contributed by atoms with Crippen LogP contribution in [-0.4, -0.2) is 34.5 Å². The van der Waals surface area contributed by atoms with Gasteiger partial charge in [-0.1, -0.05) is 66.7 Å². The first-order chi connectivity index (χ1) is 16.3. The van der Waals surface area contributed by atoms with Gasteiger partial charge in [0.1, 0.15) is 11.6 Å². The van der Waals surface area contributed by atoms with Gasteiger partial charge in [-0.2, -0.15) is 0 Å². The average Bonchev–Trinajstić information content (AvgIpc) is 3.11. The third-order valence-corrected chi connectivity index (χ3v) is 6.09. The van der Waals surface area contributed by atoms with E-state index in [0.717, 1.165) is 17.5 Å². The summed E-state index contributed by atoms with van der Waals surface area (Å²) < 4.78 is 0. The highest BCUT2D eigenvalue weighted by molar-refractivity contribution is 6.07. The Morgan fingerprint density at radius 3 is 2.09 bits per heavy atom. The molecule has 1 fully saturated rings. The Morgan fingerprint density at radius 1 is 0.941 bits per heavy atom. The minimum atomic E-state index is -1.43. The fourth-order valence-electron chi connectivity index (χ4n) is 4.08. The number of benzene rings is 3. The maximum absolute atomic E-state index is 12.6. The lowest BCUT2D eigenvalue weighted by Crippen LogP contribution is -2.49. The highest BCUT2D eigenvalue weighted by Crippen LogP contribution is 2.30. The van der Waals surface area contributed by atoms with E-state index in [1.54, 1.807) is 24.3 Å². The van der Waals surface area contributed by atoms with Crippen molar-refractivity contribution in [1.82, 2.24) is 16.0 Å². The van der Waals surface area contributed by atoms with Crippen LogP contribution >= 0.6 is 0 Å². The summed E-state index contributed by atoms with van der Waals surface area (Å²) in [6, 6.07) is 23.8. The molecule has 174 valence electrons. The van der Waals surface area contributed by atoms with Gasteiger partial charge in [0.25, 0.3) is 11.8 Å². The molecule has 4 N–H and O–H groups in total. The van der Waals surface area contributed by atoms with Gasteiger partial charge in [0.2, 0.25) is 0 Å². The minimum absolute atomic E-state index is 0.00198. The van der Waals surface area contributed by atoms with E-state index in [0.29, 0.717) is 11.1 Å². The molecule has 4 rings (SSSR count). The van der Waals surface area contributed by atoms with Crippen molar-refractivity contribution < 1.29 is 19.5 Å². The molecule has 0 spiro atoms. The van der Waals surface area contributed by atoms with Crippen molar-refractivity contribution in [2.45, 2.75) is 38.0 Å². The van der Waals surface area contributed by atoms with Crippen molar-refractivity contribution in [1.29, 1.82) is 0 Å². The molecule has 3 aromatic rings. The molecule has 0 aliphatic carbocycles. The van der Waals surface area contributed by atoms with E-state index in [1.165, 1.54) is 12.5 Å². The maximum atomic E-state index is 12.6. The first-order valence-corrected chi connectivity index (χ1v) is 11.1. The third-order valence-electron chi connectivity index (χ3n) is 6.09. The molecule has 3 atom stereocenters. The Morgan fingerprint density at radius 2 is 1.53 bits per heavy atom. The van der Waals surface area contributed by atoms with Gasteiger partial charge in [-0.05, 0) is 54.7 Å². The molecule has 34 heavy (non-hydrogen) atoms. The summed E-state index contributed by atoms with van der Waals surface area (Å²) in [6.45, 7) is 3.46. The topological polar surface area (TPSA) is 108 Å². The molecule has 1 aliphatic heterocycles. The molecule has 0 bridgehead atoms. The predicted molar refractivity (Wildman–Crippen MR) is 129 cm³/mol. The standard InChI is InChI=1S/C27H27N3O4/c1-17(16-18-6-4-3-5-7-18)28-24(32)22-14-10-20(11-15-22)19-8-12-21(13-9-19)23(31)27(2)25(33)29-26(34)30-27/h3-15,17,23,31H,16H2,1-2H3,(H,28,32)(H2,29,30,33,34). The van der Waals surface area contributed by atoms with Gasteiger partial charge < -0.3 is 15.7 Å². The minimum Gasteiger partial charge on any atom is -0.385 e. The summed E-state index contributed by atoms with van der Waals surface area (Å²) >= 11 is 0. The summed E-state index contributed by atoms with van der Waals surface area (Å²) in [4.78, 5) is 36.2. The average molecular weight is 458 g/mol. The molecule has 0 saturated carbocycles. The zero-order valence-corrected chi connectivity index (χ0v) is 19.0. The summed E-state index contributed by atoms with van der Waals surface area (Å²) in [5.74, 6) is -0.695. The number of carbonyl (C=O) groups is 3. The summed E-state index contributed by atoms with van der Waals surface area (Å²) in [7, 11) is 0. The number of hydrogen-bond acceptors (Lipinski definition) is 4. The van der Waals surface area contributed by atoms with Gasteiger partial charge in [-0.3, -0.25) is 14.9 Å². The molecular weight excluding hydrogens is 430 g/mol. The van der Waals surface area contributed by atoms with E-state index >= 15 is 0 Å². The fourth-order valence-corrected chi connectivity index (χ4v) is 4.08. The smallest absolute Gasteiger partial charge is 0.322 e. The van der Waals surface area contributed by atoms with Gasteiger partial charge in [-0.15, -0.1) is 0 Å². The van der Waals surface area contributed by atoms with Gasteiger partial charge in [0.05, 0.1) is 0 Å². The molecule has 0 aromatic heterocycles. The third kappa shape index (κ3) is 4.84. The Balaban J connectivity index is 1.40. The van der Waals surface area contributed by atoms with Crippen LogP contribution in [0.1, 0.15) is 41.4 Å². The summed E-state index contributed by atoms with van der Waals surface area (Å²) in [5, 5.41) is 18.3. The molecule has 3 unspecified atom stereocenters. The van der Waals surface area contributed by atoms with E-state index in [-0.39, 0.29) is 11.9 Å². The molecule has 1 aliphatic rings. The predicted octanol–water partition coefficient (Wildman–Crippen LogP) is 3.35. The van der Waals surface area contributed by atoms with Crippen LogP contribution in [0.3, 0.4) is 0 Å². The van der Waals surface area contributed by atoms with Crippen LogP contribution in [0.15, 0.2) is 78.9 Å². The van der Waals surface area contributed by atoms with E-state index in [2.05, 4.69) is 16.0 Å². The molecule has 4 amide bonds. The van der Waals surface area contributed by atoms with Crippen LogP contribution in [0.4, 0.5) is 4.79 Å². The number of hydrogen-bond donors (Lipinski definition) is 4. The lowest BCUT2D eigenvalue weighted by Gasteiger charge is -2.27. The lowest BCUT2D eigenvalue weighted by atomic mass is 9.88. The Bertz CT molecular complexity index is 1190. The zero-order chi connectivity index (χ0) is 24.3. The van der Waals surface area contributed by atoms with Crippen molar-refractivity contribution >= 4 is 17.8 Å². The molecule has 7 nitrogen and oxygen atoms in total. The molecule has 1 saturated heterocycles. The van der Waals surface area contributed by atoms with Crippen LogP contribution in [0.5, 0.6) is 0 Å². The second kappa shape index (κ2) is 9.49. The lowest BCUT2D eigenvalue weighted by molar-refractivity contribution is -0.127. The molecule has 7 heteroatoms. The summed E-state index contributed by atoms with van der Waals surface area (Å²) in [5.41, 5.74) is 2.63. The number of imide groups is 1. The molecule has 3 aromatic carbocycles. The van der Waals surface area contributed by atoms with E-state index < -0.39 is 23.6 Å². The van der Waals surface area contributed by atoms with E-state index in [9.17, 15) is 19.5 Å². The first kappa shape index (κ1) is 23.2. The number of amides is 4. The van der Waals surface area contributed by atoms with E-state index in [4.69, 9.17) is 0 Å². The van der Waals surface area contributed by atoms with Crippen molar-refractivity contribution in [3.8, 4) is 11.1 Å². The molecule has 1 heterocycles. The van der Waals surface area contributed by atoms with Gasteiger partial charge in [-0.25, -0.2) is 4.79 Å². The van der Waals surface area contributed by atoms with Crippen LogP contribution in [0.2, 0.25) is 0 Å². The number of rotatable bonds is 7. The van der Waals surface area contributed by atoms with Crippen molar-refractivity contribution in [2.75, 3.05) is 0 Å². The molecule has 0 radical (unpaired) electrons. The molecular formula is C27H27N3O4.